The zero-order valence-electron chi connectivity index (χ0n) is 15.5. The average molecular weight is 367 g/mol. The van der Waals surface area contributed by atoms with Crippen molar-refractivity contribution in [3.8, 4) is 17.1 Å². The molecule has 0 fully saturated rings. The van der Waals surface area contributed by atoms with E-state index in [1.165, 1.54) is 0 Å². The molecule has 27 heavy (non-hydrogen) atoms. The maximum atomic E-state index is 12.3. The number of benzene rings is 2. The Hall–Kier alpha value is -3.06. The van der Waals surface area contributed by atoms with E-state index in [1.54, 1.807) is 19.1 Å². The monoisotopic (exact) mass is 367 g/mol. The van der Waals surface area contributed by atoms with Gasteiger partial charge in [-0.15, -0.1) is 0 Å². The molecule has 1 N–H and O–H groups in total. The maximum absolute atomic E-state index is 12.3. The topological polar surface area (TPSA) is 76.7 Å². The van der Waals surface area contributed by atoms with Crippen LogP contribution in [-0.4, -0.2) is 43.4 Å². The molecule has 0 saturated carbocycles. The summed E-state index contributed by atoms with van der Waals surface area (Å²) in [4.78, 5) is 22.0. The predicted molar refractivity (Wildman–Crippen MR) is 102 cm³/mol. The van der Waals surface area contributed by atoms with Crippen LogP contribution in [0.5, 0.6) is 5.75 Å². The van der Waals surface area contributed by atoms with Crippen LogP contribution in [0.4, 0.5) is 10.5 Å². The normalized spacial score (nSPS) is 16.3. The molecule has 0 spiro atoms. The van der Waals surface area contributed by atoms with Crippen LogP contribution in [0.15, 0.2) is 36.4 Å². The Morgan fingerprint density at radius 2 is 2.00 bits per heavy atom. The fraction of sp³-hybridized carbons (Fsp3) is 0.300. The molecule has 0 radical (unpaired) electrons. The third-order valence-corrected chi connectivity index (χ3v) is 4.74. The number of carbonyl (C=O) groups excluding carboxylic acids is 1. The molecule has 0 saturated heterocycles. The molecule has 3 aromatic rings. The molecule has 1 atom stereocenters. The van der Waals surface area contributed by atoms with Crippen molar-refractivity contribution in [1.82, 2.24) is 9.97 Å². The highest BCUT2D eigenvalue weighted by Crippen LogP contribution is 2.37. The van der Waals surface area contributed by atoms with Crippen molar-refractivity contribution in [1.29, 1.82) is 0 Å². The summed E-state index contributed by atoms with van der Waals surface area (Å²) in [7, 11) is 3.25. The van der Waals surface area contributed by atoms with Gasteiger partial charge in [-0.25, -0.2) is 9.78 Å². The van der Waals surface area contributed by atoms with E-state index in [1.807, 2.05) is 43.3 Å². The van der Waals surface area contributed by atoms with E-state index in [-0.39, 0.29) is 12.2 Å². The number of H-pyrrole nitrogens is 1. The quantitative estimate of drug-likeness (QED) is 0.740. The van der Waals surface area contributed by atoms with E-state index in [2.05, 4.69) is 4.98 Å². The first-order valence-corrected chi connectivity index (χ1v) is 8.76. The molecule has 4 rings (SSSR count). The SMILES string of the molecule is COCCN1C(=O)OC(C)c2cc3[nH]c(-c4ccc(OC)cc4)nc3cc21. The molecule has 2 heterocycles. The number of cyclic esters (lactones) is 1. The zero-order chi connectivity index (χ0) is 19.0. The van der Waals surface area contributed by atoms with Gasteiger partial charge in [-0.3, -0.25) is 4.90 Å². The molecule has 1 unspecified atom stereocenters. The van der Waals surface area contributed by atoms with Gasteiger partial charge in [-0.05, 0) is 43.3 Å². The van der Waals surface area contributed by atoms with Crippen molar-refractivity contribution in [2.24, 2.45) is 0 Å². The second-order valence-corrected chi connectivity index (χ2v) is 6.41. The first kappa shape index (κ1) is 17.4. The Labute approximate surface area is 156 Å². The number of anilines is 1. The number of fused-ring (bicyclic) bond motifs is 2. The largest absolute Gasteiger partial charge is 0.497 e. The molecule has 7 nitrogen and oxygen atoms in total. The molecule has 1 aromatic heterocycles. The molecular weight excluding hydrogens is 346 g/mol. The zero-order valence-corrected chi connectivity index (χ0v) is 15.5. The van der Waals surface area contributed by atoms with Gasteiger partial charge in [0, 0.05) is 18.2 Å². The number of ether oxygens (including phenoxy) is 3. The number of methoxy groups -OCH3 is 2. The van der Waals surface area contributed by atoms with Gasteiger partial charge in [0.25, 0.3) is 0 Å². The summed E-state index contributed by atoms with van der Waals surface area (Å²) in [5, 5.41) is 0. The van der Waals surface area contributed by atoms with Crippen LogP contribution in [0, 0.1) is 0 Å². The van der Waals surface area contributed by atoms with Crippen LogP contribution in [0.25, 0.3) is 22.4 Å². The average Bonchev–Trinajstić information content (AvgIpc) is 3.10. The van der Waals surface area contributed by atoms with E-state index in [0.29, 0.717) is 13.2 Å². The van der Waals surface area contributed by atoms with Crippen molar-refractivity contribution in [2.75, 3.05) is 32.3 Å². The van der Waals surface area contributed by atoms with Gasteiger partial charge < -0.3 is 19.2 Å². The van der Waals surface area contributed by atoms with Crippen molar-refractivity contribution in [3.63, 3.8) is 0 Å². The first-order chi connectivity index (χ1) is 13.1. The maximum Gasteiger partial charge on any atom is 0.414 e. The van der Waals surface area contributed by atoms with Gasteiger partial charge in [0.2, 0.25) is 0 Å². The molecule has 0 aliphatic carbocycles. The number of aromatic nitrogens is 2. The first-order valence-electron chi connectivity index (χ1n) is 8.76. The summed E-state index contributed by atoms with van der Waals surface area (Å²) in [6.07, 6.45) is -0.680. The standard InChI is InChI=1S/C20H21N3O4/c1-12-15-10-16-17(11-18(15)23(8-9-25-2)20(24)27-12)22-19(21-16)13-4-6-14(26-3)7-5-13/h4-7,10-12H,8-9H2,1-3H3,(H,21,22). The Balaban J connectivity index is 1.77. The minimum Gasteiger partial charge on any atom is -0.497 e. The minimum atomic E-state index is -0.364. The Bertz CT molecular complexity index is 981. The van der Waals surface area contributed by atoms with Crippen molar-refractivity contribution in [3.05, 3.63) is 42.0 Å². The van der Waals surface area contributed by atoms with Crippen LogP contribution < -0.4 is 9.64 Å². The molecule has 1 aliphatic heterocycles. The van der Waals surface area contributed by atoms with Gasteiger partial charge >= 0.3 is 6.09 Å². The van der Waals surface area contributed by atoms with Crippen LogP contribution in [0.2, 0.25) is 0 Å². The van der Waals surface area contributed by atoms with E-state index in [4.69, 9.17) is 19.2 Å². The number of hydrogen-bond donors (Lipinski definition) is 1. The van der Waals surface area contributed by atoms with Crippen molar-refractivity contribution in [2.45, 2.75) is 13.0 Å². The summed E-state index contributed by atoms with van der Waals surface area (Å²) >= 11 is 0. The molecule has 140 valence electrons. The summed E-state index contributed by atoms with van der Waals surface area (Å²) in [5.74, 6) is 1.56. The second-order valence-electron chi connectivity index (χ2n) is 6.41. The lowest BCUT2D eigenvalue weighted by Crippen LogP contribution is -2.39. The van der Waals surface area contributed by atoms with Crippen molar-refractivity contribution < 1.29 is 19.0 Å². The fourth-order valence-electron chi connectivity index (χ4n) is 3.28. The Morgan fingerprint density at radius 1 is 1.22 bits per heavy atom. The third-order valence-electron chi connectivity index (χ3n) is 4.74. The number of carbonyl (C=O) groups is 1. The highest BCUT2D eigenvalue weighted by Gasteiger charge is 2.31. The summed E-state index contributed by atoms with van der Waals surface area (Å²) in [6, 6.07) is 11.6. The van der Waals surface area contributed by atoms with Gasteiger partial charge in [-0.2, -0.15) is 0 Å². The second kappa shape index (κ2) is 6.92. The molecule has 0 bridgehead atoms. The Kier molecular flexibility index (Phi) is 4.45. The Morgan fingerprint density at radius 3 is 2.70 bits per heavy atom. The smallest absolute Gasteiger partial charge is 0.414 e. The lowest BCUT2D eigenvalue weighted by atomic mass is 10.0. The van der Waals surface area contributed by atoms with Crippen LogP contribution in [-0.2, 0) is 9.47 Å². The third kappa shape index (κ3) is 3.10. The number of imidazole rings is 1. The van der Waals surface area contributed by atoms with Crippen molar-refractivity contribution >= 4 is 22.8 Å². The number of amides is 1. The van der Waals surface area contributed by atoms with Gasteiger partial charge in [0.15, 0.2) is 0 Å². The molecular formula is C20H21N3O4. The number of aromatic amines is 1. The van der Waals surface area contributed by atoms with Crippen LogP contribution in [0.3, 0.4) is 0 Å². The van der Waals surface area contributed by atoms with Gasteiger partial charge in [0.05, 0.1) is 37.0 Å². The predicted octanol–water partition coefficient (Wildman–Crippen LogP) is 3.90. The van der Waals surface area contributed by atoms with Gasteiger partial charge in [0.1, 0.15) is 17.7 Å². The molecule has 2 aromatic carbocycles. The number of nitrogens with zero attached hydrogens (tertiary/aromatic N) is 2. The van der Waals surface area contributed by atoms with E-state index < -0.39 is 0 Å². The van der Waals surface area contributed by atoms with Crippen LogP contribution >= 0.6 is 0 Å². The summed E-state index contributed by atoms with van der Waals surface area (Å²) in [6.45, 7) is 2.73. The lowest BCUT2D eigenvalue weighted by molar-refractivity contribution is 0.105. The lowest BCUT2D eigenvalue weighted by Gasteiger charge is -2.32. The van der Waals surface area contributed by atoms with Gasteiger partial charge in [-0.1, -0.05) is 0 Å². The number of nitrogens with one attached hydrogen (secondary N) is 1. The van der Waals surface area contributed by atoms with E-state index in [0.717, 1.165) is 39.4 Å². The highest BCUT2D eigenvalue weighted by atomic mass is 16.6. The number of rotatable bonds is 5. The fourth-order valence-corrected chi connectivity index (χ4v) is 3.28. The van der Waals surface area contributed by atoms with Crippen LogP contribution in [0.1, 0.15) is 18.6 Å². The number of hydrogen-bond acceptors (Lipinski definition) is 5. The molecule has 1 amide bonds. The summed E-state index contributed by atoms with van der Waals surface area (Å²) < 4.78 is 15.8. The highest BCUT2D eigenvalue weighted by molar-refractivity contribution is 5.95. The summed E-state index contributed by atoms with van der Waals surface area (Å²) in [5.41, 5.74) is 4.42. The van der Waals surface area contributed by atoms with E-state index >= 15 is 0 Å². The van der Waals surface area contributed by atoms with E-state index in [9.17, 15) is 4.79 Å². The molecule has 7 heteroatoms. The molecule has 1 aliphatic rings. The minimum absolute atomic E-state index is 0.316.